The largest absolute Gasteiger partial charge is 0.372 e. The van der Waals surface area contributed by atoms with Crippen molar-refractivity contribution in [2.45, 2.75) is 12.5 Å². The first kappa shape index (κ1) is 16.0. The number of aromatic nitrogens is 2. The molecule has 3 rings (SSSR count). The Labute approximate surface area is 140 Å². The van der Waals surface area contributed by atoms with Crippen LogP contribution < -0.4 is 5.32 Å². The van der Waals surface area contributed by atoms with Gasteiger partial charge in [-0.1, -0.05) is 60.7 Å². The van der Waals surface area contributed by atoms with Crippen LogP contribution in [0.1, 0.15) is 16.8 Å². The summed E-state index contributed by atoms with van der Waals surface area (Å²) in [5.74, 6) is 0.00527. The van der Waals surface area contributed by atoms with Crippen molar-refractivity contribution in [1.29, 1.82) is 0 Å². The lowest BCUT2D eigenvalue weighted by molar-refractivity contribution is -0.131. The second-order valence-electron chi connectivity index (χ2n) is 5.69. The van der Waals surface area contributed by atoms with Gasteiger partial charge in [0.1, 0.15) is 5.82 Å². The van der Waals surface area contributed by atoms with E-state index in [2.05, 4.69) is 10.4 Å². The zero-order chi connectivity index (χ0) is 17.2. The number of hydrogen-bond acceptors (Lipinski definition) is 3. The van der Waals surface area contributed by atoms with Gasteiger partial charge in [-0.05, 0) is 18.1 Å². The Hall–Kier alpha value is -2.92. The van der Waals surface area contributed by atoms with Crippen molar-refractivity contribution in [2.75, 3.05) is 5.32 Å². The van der Waals surface area contributed by atoms with Gasteiger partial charge in [-0.25, -0.2) is 0 Å². The molecule has 0 bridgehead atoms. The topological polar surface area (TPSA) is 67.2 Å². The van der Waals surface area contributed by atoms with E-state index in [1.54, 1.807) is 66.3 Å². The summed E-state index contributed by atoms with van der Waals surface area (Å²) >= 11 is 0. The molecule has 122 valence electrons. The van der Waals surface area contributed by atoms with Gasteiger partial charge < -0.3 is 10.4 Å². The minimum atomic E-state index is -1.79. The summed E-state index contributed by atoms with van der Waals surface area (Å²) in [6.45, 7) is 1.84. The zero-order valence-electron chi connectivity index (χ0n) is 13.6. The molecule has 0 saturated carbocycles. The van der Waals surface area contributed by atoms with Crippen LogP contribution in [0.15, 0.2) is 66.7 Å². The van der Waals surface area contributed by atoms with Crippen molar-refractivity contribution in [2.24, 2.45) is 7.05 Å². The highest BCUT2D eigenvalue weighted by molar-refractivity contribution is 5.99. The average molecular weight is 321 g/mol. The lowest BCUT2D eigenvalue weighted by atomic mass is 9.85. The number of aliphatic hydroxyl groups is 1. The van der Waals surface area contributed by atoms with Crippen molar-refractivity contribution in [3.05, 3.63) is 83.6 Å². The molecule has 24 heavy (non-hydrogen) atoms. The quantitative estimate of drug-likeness (QED) is 0.776. The van der Waals surface area contributed by atoms with Crippen LogP contribution in [0.25, 0.3) is 0 Å². The van der Waals surface area contributed by atoms with Crippen LogP contribution in [0, 0.1) is 6.92 Å². The molecule has 0 aliphatic rings. The normalized spacial score (nSPS) is 11.3. The van der Waals surface area contributed by atoms with Gasteiger partial charge in [0.2, 0.25) is 0 Å². The molecule has 0 unspecified atom stereocenters. The van der Waals surface area contributed by atoms with E-state index in [9.17, 15) is 9.90 Å². The van der Waals surface area contributed by atoms with Crippen LogP contribution in [-0.2, 0) is 17.4 Å². The molecule has 0 spiro atoms. The first-order valence-corrected chi connectivity index (χ1v) is 7.67. The fourth-order valence-electron chi connectivity index (χ4n) is 2.72. The predicted molar refractivity (Wildman–Crippen MR) is 92.5 cm³/mol. The van der Waals surface area contributed by atoms with Gasteiger partial charge in [0, 0.05) is 13.1 Å². The molecule has 5 nitrogen and oxygen atoms in total. The predicted octanol–water partition coefficient (Wildman–Crippen LogP) is 2.60. The number of rotatable bonds is 4. The fraction of sp³-hybridized carbons (Fsp3) is 0.158. The molecular formula is C19H19N3O2. The van der Waals surface area contributed by atoms with E-state index in [1.807, 2.05) is 19.1 Å². The zero-order valence-corrected chi connectivity index (χ0v) is 13.6. The van der Waals surface area contributed by atoms with Crippen LogP contribution in [-0.4, -0.2) is 20.8 Å². The van der Waals surface area contributed by atoms with Crippen LogP contribution >= 0.6 is 0 Å². The lowest BCUT2D eigenvalue weighted by Crippen LogP contribution is -2.41. The third kappa shape index (κ3) is 2.81. The van der Waals surface area contributed by atoms with E-state index in [1.165, 1.54) is 0 Å². The summed E-state index contributed by atoms with van der Waals surface area (Å²) in [5, 5.41) is 18.3. The molecule has 1 aromatic heterocycles. The summed E-state index contributed by atoms with van der Waals surface area (Å²) in [6.07, 6.45) is 0. The van der Waals surface area contributed by atoms with Crippen molar-refractivity contribution >= 4 is 11.7 Å². The van der Waals surface area contributed by atoms with E-state index in [0.717, 1.165) is 5.69 Å². The Bertz CT molecular complexity index is 802. The molecule has 1 heterocycles. The molecule has 3 aromatic rings. The maximum absolute atomic E-state index is 13.0. The highest BCUT2D eigenvalue weighted by atomic mass is 16.3. The molecule has 0 radical (unpaired) electrons. The van der Waals surface area contributed by atoms with Gasteiger partial charge in [-0.3, -0.25) is 9.48 Å². The molecule has 0 aliphatic heterocycles. The molecular weight excluding hydrogens is 302 g/mol. The van der Waals surface area contributed by atoms with Crippen LogP contribution in [0.3, 0.4) is 0 Å². The van der Waals surface area contributed by atoms with Gasteiger partial charge in [0.05, 0.1) is 5.69 Å². The number of carbonyl (C=O) groups is 1. The number of benzene rings is 2. The molecule has 0 fully saturated rings. The molecule has 2 N–H and O–H groups in total. The first-order chi connectivity index (χ1) is 11.5. The Morgan fingerprint density at radius 2 is 1.54 bits per heavy atom. The van der Waals surface area contributed by atoms with Crippen molar-refractivity contribution < 1.29 is 9.90 Å². The number of anilines is 1. The van der Waals surface area contributed by atoms with Crippen LogP contribution in [0.4, 0.5) is 5.82 Å². The number of hydrogen-bond donors (Lipinski definition) is 2. The van der Waals surface area contributed by atoms with Crippen molar-refractivity contribution in [3.8, 4) is 0 Å². The van der Waals surface area contributed by atoms with Gasteiger partial charge in [-0.15, -0.1) is 0 Å². The van der Waals surface area contributed by atoms with E-state index in [0.29, 0.717) is 16.9 Å². The number of nitrogens with zero attached hydrogens (tertiary/aromatic N) is 2. The Balaban J connectivity index is 2.05. The molecule has 2 aromatic carbocycles. The SMILES string of the molecule is Cc1cc(NC(=O)C(O)(c2ccccc2)c2ccccc2)n(C)n1. The third-order valence-corrected chi connectivity index (χ3v) is 3.96. The van der Waals surface area contributed by atoms with E-state index in [4.69, 9.17) is 0 Å². The minimum absolute atomic E-state index is 0.507. The standard InChI is InChI=1S/C19H19N3O2/c1-14-13-17(22(2)21-14)20-18(23)19(24,15-9-5-3-6-10-15)16-11-7-4-8-12-16/h3-13,24H,1-2H3,(H,20,23). The minimum Gasteiger partial charge on any atom is -0.372 e. The summed E-state index contributed by atoms with van der Waals surface area (Å²) in [4.78, 5) is 13.0. The van der Waals surface area contributed by atoms with Gasteiger partial charge in [-0.2, -0.15) is 5.10 Å². The van der Waals surface area contributed by atoms with Gasteiger partial charge >= 0.3 is 0 Å². The summed E-state index contributed by atoms with van der Waals surface area (Å²) < 4.78 is 1.57. The maximum atomic E-state index is 13.0. The number of carbonyl (C=O) groups excluding carboxylic acids is 1. The van der Waals surface area contributed by atoms with Crippen LogP contribution in [0.2, 0.25) is 0 Å². The summed E-state index contributed by atoms with van der Waals surface area (Å²) in [7, 11) is 1.74. The number of aryl methyl sites for hydroxylation is 2. The van der Waals surface area contributed by atoms with E-state index in [-0.39, 0.29) is 0 Å². The smallest absolute Gasteiger partial charge is 0.266 e. The Morgan fingerprint density at radius 1 is 1.04 bits per heavy atom. The summed E-state index contributed by atoms with van der Waals surface area (Å²) in [6, 6.07) is 19.6. The van der Waals surface area contributed by atoms with Crippen LogP contribution in [0.5, 0.6) is 0 Å². The van der Waals surface area contributed by atoms with Crippen molar-refractivity contribution in [1.82, 2.24) is 9.78 Å². The lowest BCUT2D eigenvalue weighted by Gasteiger charge is -2.28. The van der Waals surface area contributed by atoms with Gasteiger partial charge in [0.15, 0.2) is 5.60 Å². The monoisotopic (exact) mass is 321 g/mol. The average Bonchev–Trinajstić information content (AvgIpc) is 2.92. The maximum Gasteiger partial charge on any atom is 0.266 e. The van der Waals surface area contributed by atoms with Crippen molar-refractivity contribution in [3.63, 3.8) is 0 Å². The molecule has 0 atom stereocenters. The second-order valence-corrected chi connectivity index (χ2v) is 5.69. The molecule has 0 saturated heterocycles. The Morgan fingerprint density at radius 3 is 1.96 bits per heavy atom. The number of amides is 1. The molecule has 1 amide bonds. The summed E-state index contributed by atoms with van der Waals surface area (Å²) in [5.41, 5.74) is 0.0108. The highest BCUT2D eigenvalue weighted by Gasteiger charge is 2.40. The molecule has 0 aliphatic carbocycles. The fourth-order valence-corrected chi connectivity index (χ4v) is 2.72. The van der Waals surface area contributed by atoms with E-state index < -0.39 is 11.5 Å². The second kappa shape index (κ2) is 6.29. The Kier molecular flexibility index (Phi) is 4.18. The molecule has 5 heteroatoms. The van der Waals surface area contributed by atoms with Gasteiger partial charge in [0.25, 0.3) is 5.91 Å². The third-order valence-electron chi connectivity index (χ3n) is 3.96. The number of nitrogens with one attached hydrogen (secondary N) is 1. The highest BCUT2D eigenvalue weighted by Crippen LogP contribution is 2.31. The first-order valence-electron chi connectivity index (χ1n) is 7.67. The van der Waals surface area contributed by atoms with E-state index >= 15 is 0 Å².